The summed E-state index contributed by atoms with van der Waals surface area (Å²) in [5, 5.41) is 2.71. The standard InChI is InChI=1S/C15H20N2O3/c1-10(11-5-7-12(20-4)8-6-11)17-9-13(18)16-15(2,3)14(17)19/h5-8,10H,9H2,1-4H3,(H,16,18). The van der Waals surface area contributed by atoms with Crippen molar-refractivity contribution in [3.05, 3.63) is 29.8 Å². The van der Waals surface area contributed by atoms with Crippen LogP contribution in [0.25, 0.3) is 0 Å². The maximum atomic E-state index is 12.4. The van der Waals surface area contributed by atoms with Crippen LogP contribution in [0.4, 0.5) is 0 Å². The SMILES string of the molecule is COc1ccc(C(C)N2CC(=O)NC(C)(C)C2=O)cc1. The van der Waals surface area contributed by atoms with Gasteiger partial charge in [-0.3, -0.25) is 9.59 Å². The van der Waals surface area contributed by atoms with Gasteiger partial charge >= 0.3 is 0 Å². The van der Waals surface area contributed by atoms with Crippen molar-refractivity contribution in [1.82, 2.24) is 10.2 Å². The molecule has 2 rings (SSSR count). The summed E-state index contributed by atoms with van der Waals surface area (Å²) in [5.41, 5.74) is 0.125. The molecule has 1 heterocycles. The zero-order valence-corrected chi connectivity index (χ0v) is 12.3. The number of piperazine rings is 1. The molecule has 5 nitrogen and oxygen atoms in total. The number of nitrogens with zero attached hydrogens (tertiary/aromatic N) is 1. The molecule has 1 aliphatic heterocycles. The van der Waals surface area contributed by atoms with Crippen molar-refractivity contribution in [3.8, 4) is 5.75 Å². The van der Waals surface area contributed by atoms with Gasteiger partial charge in [0.1, 0.15) is 17.8 Å². The van der Waals surface area contributed by atoms with Crippen LogP contribution in [0, 0.1) is 0 Å². The fraction of sp³-hybridized carbons (Fsp3) is 0.467. The van der Waals surface area contributed by atoms with E-state index >= 15 is 0 Å². The van der Waals surface area contributed by atoms with Gasteiger partial charge in [-0.1, -0.05) is 12.1 Å². The summed E-state index contributed by atoms with van der Waals surface area (Å²) in [7, 11) is 1.61. The van der Waals surface area contributed by atoms with Crippen molar-refractivity contribution in [2.24, 2.45) is 0 Å². The number of benzene rings is 1. The molecule has 1 N–H and O–H groups in total. The van der Waals surface area contributed by atoms with Gasteiger partial charge < -0.3 is 15.0 Å². The minimum atomic E-state index is -0.851. The van der Waals surface area contributed by atoms with Crippen molar-refractivity contribution in [2.75, 3.05) is 13.7 Å². The van der Waals surface area contributed by atoms with E-state index in [-0.39, 0.29) is 24.4 Å². The number of nitrogens with one attached hydrogen (secondary N) is 1. The van der Waals surface area contributed by atoms with Gasteiger partial charge in [-0.05, 0) is 38.5 Å². The fourth-order valence-corrected chi connectivity index (χ4v) is 2.40. The van der Waals surface area contributed by atoms with E-state index in [2.05, 4.69) is 5.32 Å². The third kappa shape index (κ3) is 2.61. The third-order valence-electron chi connectivity index (χ3n) is 3.63. The topological polar surface area (TPSA) is 58.6 Å². The number of hydrogen-bond donors (Lipinski definition) is 1. The average Bonchev–Trinajstić information content (AvgIpc) is 2.41. The monoisotopic (exact) mass is 276 g/mol. The first-order valence-electron chi connectivity index (χ1n) is 6.61. The molecule has 1 unspecified atom stereocenters. The maximum Gasteiger partial charge on any atom is 0.248 e. The molecule has 0 aromatic heterocycles. The van der Waals surface area contributed by atoms with Gasteiger partial charge in [0.2, 0.25) is 11.8 Å². The fourth-order valence-electron chi connectivity index (χ4n) is 2.40. The lowest BCUT2D eigenvalue weighted by Gasteiger charge is -2.40. The van der Waals surface area contributed by atoms with E-state index in [1.807, 2.05) is 31.2 Å². The van der Waals surface area contributed by atoms with E-state index in [9.17, 15) is 9.59 Å². The first-order chi connectivity index (χ1) is 9.35. The summed E-state index contributed by atoms with van der Waals surface area (Å²) in [6.07, 6.45) is 0. The highest BCUT2D eigenvalue weighted by atomic mass is 16.5. The Morgan fingerprint density at radius 2 is 1.85 bits per heavy atom. The summed E-state index contributed by atoms with van der Waals surface area (Å²) in [4.78, 5) is 25.8. The first-order valence-corrected chi connectivity index (χ1v) is 6.61. The largest absolute Gasteiger partial charge is 0.497 e. The Balaban J connectivity index is 2.24. The second-order valence-corrected chi connectivity index (χ2v) is 5.56. The number of rotatable bonds is 3. The molecule has 0 aliphatic carbocycles. The highest BCUT2D eigenvalue weighted by Crippen LogP contribution is 2.26. The van der Waals surface area contributed by atoms with E-state index in [0.717, 1.165) is 11.3 Å². The second kappa shape index (κ2) is 5.15. The van der Waals surface area contributed by atoms with E-state index in [1.54, 1.807) is 25.9 Å². The van der Waals surface area contributed by atoms with Crippen LogP contribution in [0.15, 0.2) is 24.3 Å². The summed E-state index contributed by atoms with van der Waals surface area (Å²) in [6.45, 7) is 5.46. The van der Waals surface area contributed by atoms with Gasteiger partial charge in [0.15, 0.2) is 0 Å². The minimum Gasteiger partial charge on any atom is -0.497 e. The Kier molecular flexibility index (Phi) is 3.70. The number of methoxy groups -OCH3 is 1. The summed E-state index contributed by atoms with van der Waals surface area (Å²) < 4.78 is 5.12. The Bertz CT molecular complexity index is 522. The van der Waals surface area contributed by atoms with Crippen LogP contribution in [0.1, 0.15) is 32.4 Å². The predicted octanol–water partition coefficient (Wildman–Crippen LogP) is 1.49. The lowest BCUT2D eigenvalue weighted by atomic mass is 9.97. The molecule has 1 fully saturated rings. The normalized spacial score (nSPS) is 19.5. The lowest BCUT2D eigenvalue weighted by Crippen LogP contribution is -2.64. The summed E-state index contributed by atoms with van der Waals surface area (Å²) >= 11 is 0. The molecule has 0 bridgehead atoms. The number of amides is 2. The molecule has 108 valence electrons. The van der Waals surface area contributed by atoms with Crippen molar-refractivity contribution in [2.45, 2.75) is 32.4 Å². The maximum absolute atomic E-state index is 12.4. The first kappa shape index (κ1) is 14.4. The Labute approximate surface area is 118 Å². The van der Waals surface area contributed by atoms with Gasteiger partial charge in [0.05, 0.1) is 13.2 Å². The zero-order valence-electron chi connectivity index (χ0n) is 12.3. The molecule has 2 amide bonds. The van der Waals surface area contributed by atoms with Crippen LogP contribution < -0.4 is 10.1 Å². The van der Waals surface area contributed by atoms with Gasteiger partial charge in [0.25, 0.3) is 0 Å². The molecule has 1 aliphatic rings. The Morgan fingerprint density at radius 3 is 2.40 bits per heavy atom. The van der Waals surface area contributed by atoms with Gasteiger partial charge in [0, 0.05) is 0 Å². The number of ether oxygens (including phenoxy) is 1. The molecular formula is C15H20N2O3. The summed E-state index contributed by atoms with van der Waals surface area (Å²) in [5.74, 6) is 0.569. The van der Waals surface area contributed by atoms with Crippen LogP contribution in [-0.2, 0) is 9.59 Å². The number of hydrogen-bond acceptors (Lipinski definition) is 3. The molecule has 1 saturated heterocycles. The van der Waals surface area contributed by atoms with Gasteiger partial charge in [-0.25, -0.2) is 0 Å². The molecule has 5 heteroatoms. The van der Waals surface area contributed by atoms with E-state index in [1.165, 1.54) is 0 Å². The van der Waals surface area contributed by atoms with Crippen molar-refractivity contribution < 1.29 is 14.3 Å². The minimum absolute atomic E-state index is 0.0691. The molecule has 1 aromatic carbocycles. The average molecular weight is 276 g/mol. The molecule has 1 aromatic rings. The molecular weight excluding hydrogens is 256 g/mol. The van der Waals surface area contributed by atoms with Crippen molar-refractivity contribution in [1.29, 1.82) is 0 Å². The predicted molar refractivity (Wildman–Crippen MR) is 75.3 cm³/mol. The Morgan fingerprint density at radius 1 is 1.25 bits per heavy atom. The molecule has 0 saturated carbocycles. The number of carbonyl (C=O) groups excluding carboxylic acids is 2. The van der Waals surface area contributed by atoms with E-state index in [4.69, 9.17) is 4.74 Å². The van der Waals surface area contributed by atoms with Crippen LogP contribution in [-0.4, -0.2) is 35.9 Å². The molecule has 0 radical (unpaired) electrons. The van der Waals surface area contributed by atoms with E-state index < -0.39 is 5.54 Å². The van der Waals surface area contributed by atoms with Gasteiger partial charge in [-0.2, -0.15) is 0 Å². The van der Waals surface area contributed by atoms with Crippen LogP contribution in [0.3, 0.4) is 0 Å². The highest BCUT2D eigenvalue weighted by molar-refractivity contribution is 5.97. The van der Waals surface area contributed by atoms with Crippen LogP contribution in [0.2, 0.25) is 0 Å². The van der Waals surface area contributed by atoms with E-state index in [0.29, 0.717) is 0 Å². The van der Waals surface area contributed by atoms with Crippen LogP contribution >= 0.6 is 0 Å². The highest BCUT2D eigenvalue weighted by Gasteiger charge is 2.41. The van der Waals surface area contributed by atoms with Crippen molar-refractivity contribution >= 4 is 11.8 Å². The molecule has 1 atom stereocenters. The van der Waals surface area contributed by atoms with Crippen LogP contribution in [0.5, 0.6) is 5.75 Å². The van der Waals surface area contributed by atoms with Crippen molar-refractivity contribution in [3.63, 3.8) is 0 Å². The smallest absolute Gasteiger partial charge is 0.248 e. The zero-order chi connectivity index (χ0) is 14.9. The molecule has 0 spiro atoms. The second-order valence-electron chi connectivity index (χ2n) is 5.56. The summed E-state index contributed by atoms with van der Waals surface area (Å²) in [6, 6.07) is 7.38. The Hall–Kier alpha value is -2.04. The molecule has 20 heavy (non-hydrogen) atoms. The lowest BCUT2D eigenvalue weighted by molar-refractivity contribution is -0.150. The number of carbonyl (C=O) groups is 2. The third-order valence-corrected chi connectivity index (χ3v) is 3.63. The van der Waals surface area contributed by atoms with Gasteiger partial charge in [-0.15, -0.1) is 0 Å². The quantitative estimate of drug-likeness (QED) is 0.910.